The number of fused-ring (bicyclic) bond motifs is 1. The van der Waals surface area contributed by atoms with Crippen LogP contribution < -0.4 is 14.2 Å². The molecule has 4 heterocycles. The largest absolute Gasteiger partial charge is 0.494 e. The number of nitrogens with zero attached hydrogens (tertiary/aromatic N) is 7. The van der Waals surface area contributed by atoms with Crippen LogP contribution in [0.2, 0.25) is 0 Å². The molecule has 4 aromatic rings. The molecule has 5 rings (SSSR count). The van der Waals surface area contributed by atoms with Crippen LogP contribution in [0.25, 0.3) is 17.2 Å². The van der Waals surface area contributed by atoms with Crippen molar-refractivity contribution in [1.82, 2.24) is 34.5 Å². The van der Waals surface area contributed by atoms with E-state index in [2.05, 4.69) is 30.0 Å². The molecule has 200 valence electrons. The molecule has 0 aliphatic carbocycles. The third-order valence-electron chi connectivity index (χ3n) is 6.42. The zero-order valence-corrected chi connectivity index (χ0v) is 22.2. The molecule has 0 unspecified atom stereocenters. The smallest absolute Gasteiger partial charge is 0.243 e. The molecule has 0 saturated heterocycles. The van der Waals surface area contributed by atoms with Gasteiger partial charge in [0.2, 0.25) is 16.0 Å². The minimum absolute atomic E-state index is 0.00504. The van der Waals surface area contributed by atoms with Crippen LogP contribution in [-0.4, -0.2) is 67.5 Å². The summed E-state index contributed by atoms with van der Waals surface area (Å²) in [5.74, 6) is 0.967. The molecule has 0 spiro atoms. The maximum absolute atomic E-state index is 13.4. The number of anilines is 1. The van der Waals surface area contributed by atoms with E-state index >= 15 is 0 Å². The number of para-hydroxylation sites is 1. The van der Waals surface area contributed by atoms with Gasteiger partial charge in [-0.3, -0.25) is 14.0 Å². The van der Waals surface area contributed by atoms with E-state index in [1.807, 2.05) is 10.7 Å². The van der Waals surface area contributed by atoms with Crippen molar-refractivity contribution in [1.29, 1.82) is 0 Å². The zero-order valence-electron chi connectivity index (χ0n) is 21.4. The van der Waals surface area contributed by atoms with Crippen LogP contribution in [0.1, 0.15) is 36.5 Å². The van der Waals surface area contributed by atoms with Crippen LogP contribution in [-0.2, 0) is 23.0 Å². The Morgan fingerprint density at radius 2 is 1.79 bits per heavy atom. The third kappa shape index (κ3) is 4.56. The van der Waals surface area contributed by atoms with Crippen molar-refractivity contribution in [3.8, 4) is 28.7 Å². The predicted molar refractivity (Wildman–Crippen MR) is 138 cm³/mol. The van der Waals surface area contributed by atoms with Crippen LogP contribution in [0.5, 0.6) is 11.5 Å². The van der Waals surface area contributed by atoms with Gasteiger partial charge < -0.3 is 14.6 Å². The predicted octanol–water partition coefficient (Wildman–Crippen LogP) is 2.06. The van der Waals surface area contributed by atoms with E-state index in [1.165, 1.54) is 38.1 Å². The summed E-state index contributed by atoms with van der Waals surface area (Å²) in [5, 5.41) is 22.5. The van der Waals surface area contributed by atoms with Gasteiger partial charge in [0.15, 0.2) is 11.6 Å². The van der Waals surface area contributed by atoms with E-state index in [1.54, 1.807) is 25.1 Å². The van der Waals surface area contributed by atoms with Crippen LogP contribution in [0.15, 0.2) is 36.7 Å². The number of nitrogens with one attached hydrogen (secondary N) is 1. The molecule has 2 N–H and O–H groups in total. The molecule has 0 saturated carbocycles. The number of aryl methyl sites for hydroxylation is 3. The number of ether oxygens (including phenoxy) is 2. The minimum atomic E-state index is -4.22. The number of benzene rings is 1. The summed E-state index contributed by atoms with van der Waals surface area (Å²) >= 11 is 0. The Morgan fingerprint density at radius 1 is 1.11 bits per heavy atom. The van der Waals surface area contributed by atoms with Crippen molar-refractivity contribution in [3.05, 3.63) is 53.7 Å². The molecule has 3 aromatic heterocycles. The molecular weight excluding hydrogens is 512 g/mol. The lowest BCUT2D eigenvalue weighted by molar-refractivity contribution is 0.166. The first-order valence-electron chi connectivity index (χ1n) is 12.0. The van der Waals surface area contributed by atoms with Gasteiger partial charge in [0.05, 0.1) is 14.2 Å². The zero-order chi connectivity index (χ0) is 27.0. The average Bonchev–Trinajstić information content (AvgIpc) is 3.62. The lowest BCUT2D eigenvalue weighted by atomic mass is 10.2. The quantitative estimate of drug-likeness (QED) is 0.322. The number of sulfonamides is 1. The average molecular weight is 541 g/mol. The Labute approximate surface area is 219 Å². The first-order chi connectivity index (χ1) is 18.2. The van der Waals surface area contributed by atoms with E-state index in [-0.39, 0.29) is 11.8 Å². The molecule has 38 heavy (non-hydrogen) atoms. The number of rotatable bonds is 9. The number of methoxy groups -OCH3 is 2. The van der Waals surface area contributed by atoms with E-state index in [0.717, 1.165) is 30.6 Å². The Bertz CT molecular complexity index is 1520. The van der Waals surface area contributed by atoms with Crippen LogP contribution >= 0.6 is 0 Å². The van der Waals surface area contributed by atoms with Gasteiger partial charge in [-0.25, -0.2) is 18.4 Å². The van der Waals surface area contributed by atoms with E-state index in [0.29, 0.717) is 28.7 Å². The summed E-state index contributed by atoms with van der Waals surface area (Å²) in [6.45, 7) is 3.95. The Hall–Kier alpha value is -4.04. The molecule has 1 aliphatic rings. The highest BCUT2D eigenvalue weighted by molar-refractivity contribution is 7.93. The van der Waals surface area contributed by atoms with Gasteiger partial charge in [-0.05, 0) is 50.5 Å². The lowest BCUT2D eigenvalue weighted by Gasteiger charge is -2.20. The summed E-state index contributed by atoms with van der Waals surface area (Å²) in [5.41, 5.74) is 2.75. The lowest BCUT2D eigenvalue weighted by Crippen LogP contribution is -2.32. The highest BCUT2D eigenvalue weighted by atomic mass is 32.2. The van der Waals surface area contributed by atoms with Gasteiger partial charge in [-0.15, -0.1) is 10.2 Å². The van der Waals surface area contributed by atoms with Gasteiger partial charge in [-0.1, -0.05) is 6.07 Å². The van der Waals surface area contributed by atoms with Crippen molar-refractivity contribution >= 4 is 16.0 Å². The number of hydrogen-bond acceptors (Lipinski definition) is 10. The van der Waals surface area contributed by atoms with Crippen molar-refractivity contribution < 1.29 is 23.0 Å². The number of aliphatic hydroxyl groups excluding tert-OH is 1. The van der Waals surface area contributed by atoms with Crippen molar-refractivity contribution in [2.45, 2.75) is 44.6 Å². The monoisotopic (exact) mass is 540 g/mol. The van der Waals surface area contributed by atoms with Gasteiger partial charge in [-0.2, -0.15) is 5.10 Å². The summed E-state index contributed by atoms with van der Waals surface area (Å²) < 4.78 is 43.9. The summed E-state index contributed by atoms with van der Waals surface area (Å²) in [6, 6.07) is 7.09. The normalized spacial score (nSPS) is 14.7. The molecule has 1 aliphatic heterocycles. The topological polar surface area (TPSA) is 159 Å². The van der Waals surface area contributed by atoms with E-state index in [4.69, 9.17) is 9.47 Å². The molecule has 0 fully saturated rings. The standard InChI is InChI=1S/C24H28N8O5S/c1-14-12-25-22(26-13-14)21(33)15(2)38(34,35)30-24-28-27-23(17-11-16-7-6-10-31(16)29-17)32(24)20-18(36-3)8-5-9-19(20)37-4/h5,8-9,11-13,15,21,33H,6-7,10H2,1-4H3,(H,28,30)/t15-,21-/m0/s1. The molecule has 14 heteroatoms. The fraction of sp³-hybridized carbons (Fsp3) is 0.375. The second kappa shape index (κ2) is 10.0. The van der Waals surface area contributed by atoms with Crippen molar-refractivity contribution in [3.63, 3.8) is 0 Å². The highest BCUT2D eigenvalue weighted by Gasteiger charge is 2.34. The number of hydrogen-bond donors (Lipinski definition) is 2. The van der Waals surface area contributed by atoms with Gasteiger partial charge in [0, 0.05) is 24.6 Å². The fourth-order valence-corrected chi connectivity index (χ4v) is 5.34. The minimum Gasteiger partial charge on any atom is -0.494 e. The first kappa shape index (κ1) is 25.6. The van der Waals surface area contributed by atoms with Crippen LogP contribution in [0, 0.1) is 6.92 Å². The van der Waals surface area contributed by atoms with Crippen molar-refractivity contribution in [2.24, 2.45) is 0 Å². The summed E-state index contributed by atoms with van der Waals surface area (Å²) in [4.78, 5) is 8.14. The van der Waals surface area contributed by atoms with Crippen LogP contribution in [0.4, 0.5) is 5.95 Å². The van der Waals surface area contributed by atoms with Crippen molar-refractivity contribution in [2.75, 3.05) is 18.9 Å². The second-order valence-electron chi connectivity index (χ2n) is 8.96. The molecule has 0 amide bonds. The SMILES string of the molecule is COc1cccc(OC)c1-n1c(NS(=O)(=O)[C@@H](C)[C@H](O)c2ncc(C)cn2)nnc1-c1cc2n(n1)CCC2. The number of aromatic nitrogens is 7. The van der Waals surface area contributed by atoms with Gasteiger partial charge in [0.25, 0.3) is 0 Å². The highest BCUT2D eigenvalue weighted by Crippen LogP contribution is 2.38. The molecule has 0 bridgehead atoms. The molecule has 2 atom stereocenters. The summed E-state index contributed by atoms with van der Waals surface area (Å²) in [6.07, 6.45) is 3.43. The third-order valence-corrected chi connectivity index (χ3v) is 8.12. The summed E-state index contributed by atoms with van der Waals surface area (Å²) in [7, 11) is -1.22. The molecule has 13 nitrogen and oxygen atoms in total. The first-order valence-corrected chi connectivity index (χ1v) is 13.5. The Kier molecular flexibility index (Phi) is 6.75. The van der Waals surface area contributed by atoms with Gasteiger partial charge >= 0.3 is 0 Å². The maximum atomic E-state index is 13.4. The van der Waals surface area contributed by atoms with Crippen LogP contribution in [0.3, 0.4) is 0 Å². The van der Waals surface area contributed by atoms with Gasteiger partial charge in [0.1, 0.15) is 34.2 Å². The Morgan fingerprint density at radius 3 is 2.42 bits per heavy atom. The fourth-order valence-electron chi connectivity index (χ4n) is 4.30. The van der Waals surface area contributed by atoms with E-state index < -0.39 is 21.4 Å². The second-order valence-corrected chi connectivity index (χ2v) is 11.0. The number of aliphatic hydroxyl groups is 1. The maximum Gasteiger partial charge on any atom is 0.243 e. The molecular formula is C24H28N8O5S. The molecule has 1 aromatic carbocycles. The Balaban J connectivity index is 1.60. The van der Waals surface area contributed by atoms with E-state index in [9.17, 15) is 13.5 Å². The molecule has 0 radical (unpaired) electrons.